The number of hydrogen-bond donors (Lipinski definition) is 1. The summed E-state index contributed by atoms with van der Waals surface area (Å²) in [4.78, 5) is 3.99. The van der Waals surface area contributed by atoms with E-state index in [1.165, 1.54) is 5.56 Å². The number of nitrogens with one attached hydrogen (secondary N) is 1. The summed E-state index contributed by atoms with van der Waals surface area (Å²) in [6, 6.07) is 3.96. The van der Waals surface area contributed by atoms with Gasteiger partial charge in [-0.15, -0.1) is 0 Å². The molecule has 2 heteroatoms. The van der Waals surface area contributed by atoms with Gasteiger partial charge in [0, 0.05) is 24.6 Å². The van der Waals surface area contributed by atoms with E-state index in [0.29, 0.717) is 0 Å². The number of nitrogens with zero attached hydrogens (tertiary/aromatic N) is 1. The van der Waals surface area contributed by atoms with Gasteiger partial charge in [0.05, 0.1) is 0 Å². The molecule has 0 aliphatic heterocycles. The lowest BCUT2D eigenvalue weighted by Gasteiger charge is -2.03. The summed E-state index contributed by atoms with van der Waals surface area (Å²) in [6.45, 7) is 10.5. The predicted molar refractivity (Wildman–Crippen MR) is 57.2 cm³/mol. The number of rotatable bonds is 3. The molecule has 0 unspecified atom stereocenters. The Labute approximate surface area is 80.7 Å². The average molecular weight is 178 g/mol. The Morgan fingerprint density at radius 1 is 1.54 bits per heavy atom. The van der Waals surface area contributed by atoms with E-state index in [1.54, 1.807) is 6.20 Å². The molecule has 0 aliphatic rings. The predicted octanol–water partition coefficient (Wildman–Crippen LogP) is 2.73. The molecule has 1 aromatic rings. The van der Waals surface area contributed by atoms with E-state index in [-0.39, 0.29) is 0 Å². The molecule has 13 heavy (non-hydrogen) atoms. The molecule has 1 heterocycles. The SMILES string of the molecule is C=C(C)NCc1cccnc1.CC. The minimum atomic E-state index is 0.809. The molecule has 1 N–H and O–H groups in total. The maximum atomic E-state index is 3.99. The molecule has 1 aromatic heterocycles. The highest BCUT2D eigenvalue weighted by molar-refractivity contribution is 5.09. The lowest BCUT2D eigenvalue weighted by molar-refractivity contribution is 0.811. The summed E-state index contributed by atoms with van der Waals surface area (Å²) in [5, 5.41) is 3.13. The number of allylic oxidation sites excluding steroid dienone is 1. The number of pyridine rings is 1. The Morgan fingerprint density at radius 2 is 2.23 bits per heavy atom. The van der Waals surface area contributed by atoms with Gasteiger partial charge in [0.25, 0.3) is 0 Å². The minimum Gasteiger partial charge on any atom is -0.385 e. The first kappa shape index (κ1) is 11.7. The molecule has 0 aromatic carbocycles. The van der Waals surface area contributed by atoms with Crippen molar-refractivity contribution >= 4 is 0 Å². The van der Waals surface area contributed by atoms with Gasteiger partial charge in [-0.3, -0.25) is 4.98 Å². The molecular formula is C11H18N2. The van der Waals surface area contributed by atoms with Crippen molar-refractivity contribution in [2.45, 2.75) is 27.3 Å². The smallest absolute Gasteiger partial charge is 0.0412 e. The molecule has 0 amide bonds. The average Bonchev–Trinajstić information content (AvgIpc) is 2.19. The first-order valence-electron chi connectivity index (χ1n) is 4.57. The summed E-state index contributed by atoms with van der Waals surface area (Å²) < 4.78 is 0. The van der Waals surface area contributed by atoms with Crippen molar-refractivity contribution in [2.24, 2.45) is 0 Å². The van der Waals surface area contributed by atoms with Crippen molar-refractivity contribution in [3.63, 3.8) is 0 Å². The van der Waals surface area contributed by atoms with Crippen LogP contribution in [0.5, 0.6) is 0 Å². The van der Waals surface area contributed by atoms with Gasteiger partial charge in [0.15, 0.2) is 0 Å². The largest absolute Gasteiger partial charge is 0.385 e. The van der Waals surface area contributed by atoms with Crippen molar-refractivity contribution in [2.75, 3.05) is 0 Å². The molecule has 0 saturated carbocycles. The van der Waals surface area contributed by atoms with Crippen molar-refractivity contribution in [1.29, 1.82) is 0 Å². The van der Waals surface area contributed by atoms with E-state index in [2.05, 4.69) is 16.9 Å². The van der Waals surface area contributed by atoms with Crippen LogP contribution in [0, 0.1) is 0 Å². The molecule has 0 aliphatic carbocycles. The van der Waals surface area contributed by atoms with Gasteiger partial charge in [-0.2, -0.15) is 0 Å². The van der Waals surface area contributed by atoms with Gasteiger partial charge < -0.3 is 5.32 Å². The van der Waals surface area contributed by atoms with Crippen LogP contribution in [0.25, 0.3) is 0 Å². The molecular weight excluding hydrogens is 160 g/mol. The van der Waals surface area contributed by atoms with Crippen LogP contribution in [0.15, 0.2) is 36.8 Å². The van der Waals surface area contributed by atoms with E-state index in [9.17, 15) is 0 Å². The van der Waals surface area contributed by atoms with Crippen molar-refractivity contribution < 1.29 is 0 Å². The monoisotopic (exact) mass is 178 g/mol. The summed E-state index contributed by atoms with van der Waals surface area (Å²) in [5.74, 6) is 0. The van der Waals surface area contributed by atoms with E-state index >= 15 is 0 Å². The fourth-order valence-corrected chi connectivity index (χ4v) is 0.756. The van der Waals surface area contributed by atoms with Gasteiger partial charge in [0.2, 0.25) is 0 Å². The molecule has 0 fully saturated rings. The van der Waals surface area contributed by atoms with E-state index in [0.717, 1.165) is 12.2 Å². The molecule has 72 valence electrons. The van der Waals surface area contributed by atoms with Crippen LogP contribution in [0.3, 0.4) is 0 Å². The number of aromatic nitrogens is 1. The zero-order valence-electron chi connectivity index (χ0n) is 8.67. The van der Waals surface area contributed by atoms with Crippen LogP contribution >= 0.6 is 0 Å². The lowest BCUT2D eigenvalue weighted by Crippen LogP contribution is -2.09. The van der Waals surface area contributed by atoms with Gasteiger partial charge in [0.1, 0.15) is 0 Å². The zero-order valence-corrected chi connectivity index (χ0v) is 8.67. The van der Waals surface area contributed by atoms with Gasteiger partial charge in [-0.1, -0.05) is 26.5 Å². The van der Waals surface area contributed by atoms with E-state index in [1.807, 2.05) is 39.1 Å². The Hall–Kier alpha value is -1.31. The summed E-state index contributed by atoms with van der Waals surface area (Å²) in [5.41, 5.74) is 2.16. The second-order valence-corrected chi connectivity index (χ2v) is 2.50. The molecule has 0 atom stereocenters. The second-order valence-electron chi connectivity index (χ2n) is 2.50. The Morgan fingerprint density at radius 3 is 2.69 bits per heavy atom. The van der Waals surface area contributed by atoms with Crippen LogP contribution in [0.1, 0.15) is 26.3 Å². The molecule has 0 bridgehead atoms. The van der Waals surface area contributed by atoms with E-state index < -0.39 is 0 Å². The standard InChI is InChI=1S/C9H12N2.C2H6/c1-8(2)11-7-9-4-3-5-10-6-9;1-2/h3-6,11H,1,7H2,2H3;1-2H3. The highest BCUT2D eigenvalue weighted by Gasteiger charge is 1.88. The summed E-state index contributed by atoms with van der Waals surface area (Å²) >= 11 is 0. The second kappa shape index (κ2) is 7.35. The molecule has 1 rings (SSSR count). The molecule has 0 saturated heterocycles. The topological polar surface area (TPSA) is 24.9 Å². The van der Waals surface area contributed by atoms with Crippen LogP contribution in [0.4, 0.5) is 0 Å². The normalized spacial score (nSPS) is 8.23. The lowest BCUT2D eigenvalue weighted by atomic mass is 10.3. The first-order valence-corrected chi connectivity index (χ1v) is 4.57. The van der Waals surface area contributed by atoms with E-state index in [4.69, 9.17) is 0 Å². The highest BCUT2D eigenvalue weighted by Crippen LogP contribution is 1.95. The third kappa shape index (κ3) is 5.91. The minimum absolute atomic E-state index is 0.809. The van der Waals surface area contributed by atoms with Crippen molar-refractivity contribution in [1.82, 2.24) is 10.3 Å². The Kier molecular flexibility index (Phi) is 6.60. The fraction of sp³-hybridized carbons (Fsp3) is 0.364. The molecule has 0 spiro atoms. The third-order valence-electron chi connectivity index (χ3n) is 1.32. The maximum absolute atomic E-state index is 3.99. The Bertz CT molecular complexity index is 229. The Balaban J connectivity index is 0.000000671. The van der Waals surface area contributed by atoms with Crippen molar-refractivity contribution in [3.8, 4) is 0 Å². The maximum Gasteiger partial charge on any atom is 0.0412 e. The van der Waals surface area contributed by atoms with Gasteiger partial charge >= 0.3 is 0 Å². The van der Waals surface area contributed by atoms with Crippen LogP contribution < -0.4 is 5.32 Å². The quantitative estimate of drug-likeness (QED) is 0.769. The van der Waals surface area contributed by atoms with Gasteiger partial charge in [-0.25, -0.2) is 0 Å². The molecule has 2 nitrogen and oxygen atoms in total. The summed E-state index contributed by atoms with van der Waals surface area (Å²) in [6.07, 6.45) is 3.61. The fourth-order valence-electron chi connectivity index (χ4n) is 0.756. The van der Waals surface area contributed by atoms with Crippen LogP contribution in [-0.2, 0) is 6.54 Å². The van der Waals surface area contributed by atoms with Crippen molar-refractivity contribution in [3.05, 3.63) is 42.4 Å². The number of hydrogen-bond acceptors (Lipinski definition) is 2. The summed E-state index contributed by atoms with van der Waals surface area (Å²) in [7, 11) is 0. The molecule has 0 radical (unpaired) electrons. The van der Waals surface area contributed by atoms with Crippen LogP contribution in [0.2, 0.25) is 0 Å². The van der Waals surface area contributed by atoms with Crippen LogP contribution in [-0.4, -0.2) is 4.98 Å². The van der Waals surface area contributed by atoms with Gasteiger partial charge in [-0.05, 0) is 18.6 Å². The zero-order chi connectivity index (χ0) is 10.1. The highest BCUT2D eigenvalue weighted by atomic mass is 14.9. The third-order valence-corrected chi connectivity index (χ3v) is 1.32. The first-order chi connectivity index (χ1) is 6.29.